The van der Waals surface area contributed by atoms with Crippen LogP contribution in [-0.4, -0.2) is 36.3 Å². The number of carbonyl (C=O) groups is 1. The Morgan fingerprint density at radius 1 is 1.00 bits per heavy atom. The summed E-state index contributed by atoms with van der Waals surface area (Å²) in [5.41, 5.74) is 1.53. The van der Waals surface area contributed by atoms with Gasteiger partial charge in [0.15, 0.2) is 0 Å². The first-order chi connectivity index (χ1) is 15.9. The molecule has 8 heteroatoms. The van der Waals surface area contributed by atoms with Crippen molar-refractivity contribution in [3.8, 4) is 0 Å². The van der Waals surface area contributed by atoms with Gasteiger partial charge in [-0.2, -0.15) is 4.31 Å². The summed E-state index contributed by atoms with van der Waals surface area (Å²) < 4.78 is 30.1. The smallest absolute Gasteiger partial charge is 0.250 e. The van der Waals surface area contributed by atoms with Gasteiger partial charge in [-0.3, -0.25) is 9.59 Å². The van der Waals surface area contributed by atoms with Gasteiger partial charge < -0.3 is 9.88 Å². The van der Waals surface area contributed by atoms with Crippen molar-refractivity contribution in [1.82, 2.24) is 8.87 Å². The third-order valence-electron chi connectivity index (χ3n) is 7.48. The number of aromatic nitrogens is 1. The molecule has 3 aliphatic rings. The first-order valence-electron chi connectivity index (χ1n) is 12.0. The Balaban J connectivity index is 1.25. The maximum absolute atomic E-state index is 13.4. The molecule has 2 atom stereocenters. The first kappa shape index (κ1) is 22.3. The summed E-state index contributed by atoms with van der Waals surface area (Å²) in [4.78, 5) is 24.7. The minimum atomic E-state index is -3.65. The molecule has 1 aromatic heterocycles. The zero-order chi connectivity index (χ0) is 23.0. The molecule has 2 aromatic rings. The normalized spacial score (nSPS) is 23.3. The van der Waals surface area contributed by atoms with E-state index < -0.39 is 10.0 Å². The Bertz CT molecular complexity index is 1180. The standard InChI is InChI=1S/C25H31N3O4S/c29-24(13-8-18-4-1-2-5-18)26-21-9-11-22(12-10-21)33(31,32)27-15-19-14-20(17-27)23-6-3-7-25(30)28(23)16-19/h3,6-7,9-12,18-20H,1-2,4-5,8,13-17H2,(H,26,29)/t19-,20-/m0/s1. The molecular weight excluding hydrogens is 438 g/mol. The summed E-state index contributed by atoms with van der Waals surface area (Å²) in [7, 11) is -3.65. The van der Waals surface area contributed by atoms with Crippen LogP contribution in [0.15, 0.2) is 52.2 Å². The lowest BCUT2D eigenvalue weighted by atomic mass is 9.84. The van der Waals surface area contributed by atoms with Crippen molar-refractivity contribution >= 4 is 21.6 Å². The van der Waals surface area contributed by atoms with Crippen LogP contribution < -0.4 is 10.9 Å². The molecule has 1 N–H and O–H groups in total. The van der Waals surface area contributed by atoms with E-state index in [1.165, 1.54) is 25.7 Å². The average molecular weight is 470 g/mol. The number of carbonyl (C=O) groups excluding carboxylic acids is 1. The maximum atomic E-state index is 13.4. The molecule has 176 valence electrons. The quantitative estimate of drug-likeness (QED) is 0.701. The summed E-state index contributed by atoms with van der Waals surface area (Å²) >= 11 is 0. The van der Waals surface area contributed by atoms with Crippen molar-refractivity contribution in [2.45, 2.75) is 62.3 Å². The zero-order valence-electron chi connectivity index (χ0n) is 18.8. The number of pyridine rings is 1. The highest BCUT2D eigenvalue weighted by Gasteiger charge is 2.39. The summed E-state index contributed by atoms with van der Waals surface area (Å²) in [6, 6.07) is 11.7. The van der Waals surface area contributed by atoms with Crippen molar-refractivity contribution in [2.75, 3.05) is 18.4 Å². The van der Waals surface area contributed by atoms with Gasteiger partial charge in [0.25, 0.3) is 5.56 Å². The molecule has 1 aliphatic carbocycles. The molecule has 2 fully saturated rings. The van der Waals surface area contributed by atoms with Crippen LogP contribution >= 0.6 is 0 Å². The molecule has 7 nitrogen and oxygen atoms in total. The number of hydrogen-bond donors (Lipinski definition) is 1. The fourth-order valence-electron chi connectivity index (χ4n) is 5.77. The van der Waals surface area contributed by atoms with E-state index >= 15 is 0 Å². The van der Waals surface area contributed by atoms with Crippen LogP contribution in [0.5, 0.6) is 0 Å². The highest BCUT2D eigenvalue weighted by atomic mass is 32.2. The number of anilines is 1. The predicted octanol–water partition coefficient (Wildman–Crippen LogP) is 3.57. The molecule has 1 saturated heterocycles. The number of nitrogens with zero attached hydrogens (tertiary/aromatic N) is 2. The lowest BCUT2D eigenvalue weighted by molar-refractivity contribution is -0.116. The molecule has 3 heterocycles. The second-order valence-corrected chi connectivity index (χ2v) is 11.7. The van der Waals surface area contributed by atoms with Gasteiger partial charge in [0.2, 0.25) is 15.9 Å². The Labute approximate surface area is 194 Å². The fraction of sp³-hybridized carbons (Fsp3) is 0.520. The van der Waals surface area contributed by atoms with Crippen LogP contribution in [-0.2, 0) is 21.4 Å². The van der Waals surface area contributed by atoms with Gasteiger partial charge in [-0.25, -0.2) is 8.42 Å². The summed E-state index contributed by atoms with van der Waals surface area (Å²) in [5, 5.41) is 2.89. The Kier molecular flexibility index (Phi) is 6.14. The summed E-state index contributed by atoms with van der Waals surface area (Å²) in [5.74, 6) is 0.803. The summed E-state index contributed by atoms with van der Waals surface area (Å²) in [6.07, 6.45) is 7.32. The minimum Gasteiger partial charge on any atom is -0.326 e. The van der Waals surface area contributed by atoms with E-state index in [1.54, 1.807) is 45.3 Å². The topological polar surface area (TPSA) is 88.5 Å². The minimum absolute atomic E-state index is 0.0145. The van der Waals surface area contributed by atoms with Crippen LogP contribution in [0.4, 0.5) is 5.69 Å². The lowest BCUT2D eigenvalue weighted by Gasteiger charge is -2.42. The highest BCUT2D eigenvalue weighted by Crippen LogP contribution is 2.37. The zero-order valence-corrected chi connectivity index (χ0v) is 19.6. The summed E-state index contributed by atoms with van der Waals surface area (Å²) in [6.45, 7) is 1.35. The van der Waals surface area contributed by atoms with Gasteiger partial charge in [0.05, 0.1) is 4.90 Å². The lowest BCUT2D eigenvalue weighted by Crippen LogP contribution is -2.48. The van der Waals surface area contributed by atoms with Crippen molar-refractivity contribution < 1.29 is 13.2 Å². The molecule has 2 bridgehead atoms. The van der Waals surface area contributed by atoms with Crippen molar-refractivity contribution in [3.05, 3.63) is 58.5 Å². The molecule has 33 heavy (non-hydrogen) atoms. The fourth-order valence-corrected chi connectivity index (χ4v) is 7.33. The largest absolute Gasteiger partial charge is 0.326 e. The molecule has 0 radical (unpaired) electrons. The third-order valence-corrected chi connectivity index (χ3v) is 9.32. The second kappa shape index (κ2) is 9.06. The van der Waals surface area contributed by atoms with E-state index in [0.29, 0.717) is 37.7 Å². The van der Waals surface area contributed by atoms with Gasteiger partial charge in [-0.1, -0.05) is 31.7 Å². The number of amides is 1. The van der Waals surface area contributed by atoms with Crippen molar-refractivity contribution in [1.29, 1.82) is 0 Å². The van der Waals surface area contributed by atoms with E-state index in [4.69, 9.17) is 0 Å². The SMILES string of the molecule is O=C(CCC1CCCC1)Nc1ccc(S(=O)(=O)N2C[C@@H]3C[C@@H](C2)c2cccc(=O)n2C3)cc1. The molecule has 1 saturated carbocycles. The van der Waals surface area contributed by atoms with Gasteiger partial charge in [-0.05, 0) is 55.0 Å². The molecule has 0 unspecified atom stereocenters. The van der Waals surface area contributed by atoms with E-state index in [9.17, 15) is 18.0 Å². The van der Waals surface area contributed by atoms with E-state index in [1.807, 2.05) is 6.07 Å². The van der Waals surface area contributed by atoms with Crippen molar-refractivity contribution in [2.24, 2.45) is 11.8 Å². The molecule has 5 rings (SSSR count). The number of rotatable bonds is 6. The Morgan fingerprint density at radius 3 is 2.52 bits per heavy atom. The van der Waals surface area contributed by atoms with Crippen molar-refractivity contribution in [3.63, 3.8) is 0 Å². The van der Waals surface area contributed by atoms with Crippen LogP contribution in [0.1, 0.15) is 56.6 Å². The number of benzene rings is 1. The number of hydrogen-bond acceptors (Lipinski definition) is 4. The van der Waals surface area contributed by atoms with Gasteiger partial charge in [0.1, 0.15) is 0 Å². The Hall–Kier alpha value is -2.45. The average Bonchev–Trinajstić information content (AvgIpc) is 3.33. The van der Waals surface area contributed by atoms with Crippen LogP contribution in [0.3, 0.4) is 0 Å². The van der Waals surface area contributed by atoms with E-state index in [-0.39, 0.29) is 28.2 Å². The molecule has 0 spiro atoms. The number of fused-ring (bicyclic) bond motifs is 4. The first-order valence-corrected chi connectivity index (χ1v) is 13.4. The highest BCUT2D eigenvalue weighted by molar-refractivity contribution is 7.89. The maximum Gasteiger partial charge on any atom is 0.250 e. The van der Waals surface area contributed by atoms with E-state index in [0.717, 1.165) is 18.5 Å². The second-order valence-electron chi connectivity index (χ2n) is 9.78. The molecular formula is C25H31N3O4S. The monoisotopic (exact) mass is 469 g/mol. The third kappa shape index (κ3) is 4.64. The van der Waals surface area contributed by atoms with Crippen LogP contribution in [0.2, 0.25) is 0 Å². The van der Waals surface area contributed by atoms with Crippen LogP contribution in [0.25, 0.3) is 0 Å². The number of piperidine rings is 1. The predicted molar refractivity (Wildman–Crippen MR) is 127 cm³/mol. The molecule has 1 aromatic carbocycles. The van der Waals surface area contributed by atoms with Gasteiger partial charge >= 0.3 is 0 Å². The van der Waals surface area contributed by atoms with Crippen LogP contribution in [0, 0.1) is 11.8 Å². The van der Waals surface area contributed by atoms with Gasteiger partial charge in [0, 0.05) is 49.4 Å². The molecule has 2 aliphatic heterocycles. The molecule has 1 amide bonds. The number of sulfonamides is 1. The van der Waals surface area contributed by atoms with E-state index in [2.05, 4.69) is 5.32 Å². The van der Waals surface area contributed by atoms with Gasteiger partial charge in [-0.15, -0.1) is 0 Å². The number of nitrogens with one attached hydrogen (secondary N) is 1. The Morgan fingerprint density at radius 2 is 1.76 bits per heavy atom.